The van der Waals surface area contributed by atoms with Gasteiger partial charge in [0.25, 0.3) is 0 Å². The lowest BCUT2D eigenvalue weighted by molar-refractivity contribution is 0.568. The summed E-state index contributed by atoms with van der Waals surface area (Å²) in [6, 6.07) is 32.2. The topological polar surface area (TPSA) is 51.6 Å². The predicted molar refractivity (Wildman–Crippen MR) is 229 cm³/mol. The molecule has 2 aromatic heterocycles. The summed E-state index contributed by atoms with van der Waals surface area (Å²) in [4.78, 5) is 10.6. The van der Waals surface area contributed by atoms with E-state index in [1.807, 2.05) is 12.1 Å². The van der Waals surface area contributed by atoms with Gasteiger partial charge < -0.3 is 0 Å². The summed E-state index contributed by atoms with van der Waals surface area (Å²) in [6.45, 7) is 27.6. The number of rotatable bonds is 2. The Balaban J connectivity index is 1.46. The second-order valence-corrected chi connectivity index (χ2v) is 19.7. The van der Waals surface area contributed by atoms with Crippen LogP contribution in [0.15, 0.2) is 84.9 Å². The van der Waals surface area contributed by atoms with Crippen molar-refractivity contribution in [3.63, 3.8) is 0 Å². The summed E-state index contributed by atoms with van der Waals surface area (Å²) in [5.41, 5.74) is 15.5. The molecule has 0 saturated carbocycles. The van der Waals surface area contributed by atoms with Crippen molar-refractivity contribution in [2.24, 2.45) is 0 Å². The standard InChI is InChI=1S/C48H50N4S/c1-45(2,3)31-17-29(18-32(23-31)46(4,5)6)27-13-15-35-37(21-27)38-22-28(30-19-33(47(7,8)9)24-34(20-30)48(10,11)12)14-16-36(38)44-43(35)49-39-25-41-42(52-53-51-41)26-40(39)50-44/h13-26H,1-12H3. The van der Waals surface area contributed by atoms with Gasteiger partial charge in [0, 0.05) is 10.8 Å². The van der Waals surface area contributed by atoms with E-state index in [-0.39, 0.29) is 21.7 Å². The zero-order valence-electron chi connectivity index (χ0n) is 33.3. The summed E-state index contributed by atoms with van der Waals surface area (Å²) in [7, 11) is 0. The molecule has 0 aliphatic heterocycles. The van der Waals surface area contributed by atoms with Crippen LogP contribution < -0.4 is 0 Å². The molecule has 53 heavy (non-hydrogen) atoms. The highest BCUT2D eigenvalue weighted by Gasteiger charge is 2.24. The van der Waals surface area contributed by atoms with Crippen molar-refractivity contribution >= 4 is 66.4 Å². The van der Waals surface area contributed by atoms with Gasteiger partial charge >= 0.3 is 0 Å². The number of benzene rings is 6. The summed E-state index contributed by atoms with van der Waals surface area (Å²) in [5, 5.41) is 4.55. The Labute approximate surface area is 318 Å². The third-order valence-corrected chi connectivity index (χ3v) is 11.4. The Kier molecular flexibility index (Phi) is 7.91. The summed E-state index contributed by atoms with van der Waals surface area (Å²) < 4.78 is 9.00. The summed E-state index contributed by atoms with van der Waals surface area (Å²) >= 11 is 1.23. The Morgan fingerprint density at radius 3 is 1.00 bits per heavy atom. The number of hydrogen-bond acceptors (Lipinski definition) is 5. The maximum atomic E-state index is 5.31. The average molecular weight is 715 g/mol. The number of nitrogens with zero attached hydrogens (tertiary/aromatic N) is 4. The van der Waals surface area contributed by atoms with E-state index in [1.54, 1.807) is 0 Å². The van der Waals surface area contributed by atoms with Gasteiger partial charge in [0.1, 0.15) is 11.0 Å². The Morgan fingerprint density at radius 2 is 0.679 bits per heavy atom. The minimum absolute atomic E-state index is 0.0209. The van der Waals surface area contributed by atoms with E-state index in [0.29, 0.717) is 0 Å². The molecule has 0 saturated heterocycles. The first-order chi connectivity index (χ1) is 24.7. The number of aromatic nitrogens is 4. The molecule has 5 heteroatoms. The minimum Gasteiger partial charge on any atom is -0.244 e. The van der Waals surface area contributed by atoms with E-state index < -0.39 is 0 Å². The van der Waals surface area contributed by atoms with Gasteiger partial charge in [0.05, 0.1) is 33.8 Å². The van der Waals surface area contributed by atoms with Gasteiger partial charge in [0.15, 0.2) is 0 Å². The summed E-state index contributed by atoms with van der Waals surface area (Å²) in [6.07, 6.45) is 0. The second kappa shape index (κ2) is 11.9. The van der Waals surface area contributed by atoms with Gasteiger partial charge in [0.2, 0.25) is 0 Å². The molecule has 0 atom stereocenters. The van der Waals surface area contributed by atoms with Gasteiger partial charge in [-0.25, -0.2) is 9.97 Å². The van der Waals surface area contributed by atoms with Crippen LogP contribution in [0.1, 0.15) is 105 Å². The van der Waals surface area contributed by atoms with E-state index in [0.717, 1.165) is 43.9 Å². The normalized spacial score (nSPS) is 13.3. The van der Waals surface area contributed by atoms with Crippen LogP contribution >= 0.6 is 11.7 Å². The molecular formula is C48H50N4S. The number of hydrogen-bond donors (Lipinski definition) is 0. The molecule has 0 unspecified atom stereocenters. The summed E-state index contributed by atoms with van der Waals surface area (Å²) in [5.74, 6) is 0. The molecule has 0 aliphatic rings. The second-order valence-electron chi connectivity index (χ2n) is 19.1. The van der Waals surface area contributed by atoms with Gasteiger partial charge in [-0.1, -0.05) is 144 Å². The molecule has 2 heterocycles. The van der Waals surface area contributed by atoms with Crippen LogP contribution in [-0.2, 0) is 21.7 Å². The molecule has 8 rings (SSSR count). The average Bonchev–Trinajstić information content (AvgIpc) is 3.55. The molecule has 0 spiro atoms. The van der Waals surface area contributed by atoms with Gasteiger partial charge in [-0.05, 0) is 101 Å². The van der Waals surface area contributed by atoms with Crippen molar-refractivity contribution in [2.45, 2.75) is 105 Å². The Morgan fingerprint density at radius 1 is 0.340 bits per heavy atom. The molecule has 0 aliphatic carbocycles. The van der Waals surface area contributed by atoms with Crippen LogP contribution in [0.4, 0.5) is 0 Å². The minimum atomic E-state index is 0.0209. The lowest BCUT2D eigenvalue weighted by atomic mass is 9.78. The van der Waals surface area contributed by atoms with Crippen LogP contribution in [-0.4, -0.2) is 18.7 Å². The molecule has 6 aromatic carbocycles. The SMILES string of the molecule is CC(C)(C)c1cc(-c2ccc3c(c2)c2cc(-c4cc(C(C)(C)C)cc(C(C)(C)C)c4)ccc2c2nc4cc5nsnc5cc4nc32)cc(C(C)(C)C)c1. The van der Waals surface area contributed by atoms with Crippen molar-refractivity contribution in [2.75, 3.05) is 0 Å². The van der Waals surface area contributed by atoms with Gasteiger partial charge in [-0.2, -0.15) is 8.75 Å². The fraction of sp³-hybridized carbons (Fsp3) is 0.333. The highest BCUT2D eigenvalue weighted by Crippen LogP contribution is 2.41. The largest absolute Gasteiger partial charge is 0.244 e. The fourth-order valence-electron chi connectivity index (χ4n) is 7.34. The molecule has 4 nitrogen and oxygen atoms in total. The van der Waals surface area contributed by atoms with E-state index >= 15 is 0 Å². The fourth-order valence-corrected chi connectivity index (χ4v) is 7.85. The van der Waals surface area contributed by atoms with Crippen LogP contribution in [0, 0.1) is 0 Å². The third-order valence-electron chi connectivity index (χ3n) is 10.9. The van der Waals surface area contributed by atoms with E-state index in [2.05, 4.69) is 165 Å². The first-order valence-corrected chi connectivity index (χ1v) is 19.5. The molecular weight excluding hydrogens is 665 g/mol. The quantitative estimate of drug-likeness (QED) is 0.132. The number of fused-ring (bicyclic) bond motifs is 8. The Hall–Kier alpha value is -4.74. The van der Waals surface area contributed by atoms with Crippen LogP contribution in [0.25, 0.3) is 76.9 Å². The molecule has 0 N–H and O–H groups in total. The van der Waals surface area contributed by atoms with Gasteiger partial charge in [-0.3, -0.25) is 0 Å². The molecule has 0 radical (unpaired) electrons. The van der Waals surface area contributed by atoms with E-state index in [1.165, 1.54) is 67.0 Å². The van der Waals surface area contributed by atoms with Crippen LogP contribution in [0.5, 0.6) is 0 Å². The van der Waals surface area contributed by atoms with E-state index in [4.69, 9.17) is 9.97 Å². The first-order valence-electron chi connectivity index (χ1n) is 18.8. The molecule has 8 aromatic rings. The lowest BCUT2D eigenvalue weighted by Gasteiger charge is -2.26. The smallest absolute Gasteiger partial charge is 0.107 e. The van der Waals surface area contributed by atoms with Crippen molar-refractivity contribution in [1.29, 1.82) is 0 Å². The predicted octanol–water partition coefficient (Wildman–Crippen LogP) is 13.6. The zero-order chi connectivity index (χ0) is 37.8. The molecule has 0 fully saturated rings. The van der Waals surface area contributed by atoms with Crippen molar-refractivity contribution in [3.8, 4) is 22.3 Å². The maximum absolute atomic E-state index is 5.31. The Bertz CT molecular complexity index is 2510. The van der Waals surface area contributed by atoms with Crippen LogP contribution in [0.3, 0.4) is 0 Å². The van der Waals surface area contributed by atoms with Gasteiger partial charge in [-0.15, -0.1) is 0 Å². The van der Waals surface area contributed by atoms with Crippen molar-refractivity contribution in [1.82, 2.24) is 18.7 Å². The first kappa shape index (κ1) is 35.3. The monoisotopic (exact) mass is 714 g/mol. The highest BCUT2D eigenvalue weighted by molar-refractivity contribution is 7.00. The maximum Gasteiger partial charge on any atom is 0.107 e. The molecule has 268 valence electrons. The van der Waals surface area contributed by atoms with Crippen LogP contribution in [0.2, 0.25) is 0 Å². The molecule has 0 bridgehead atoms. The zero-order valence-corrected chi connectivity index (χ0v) is 34.1. The molecule has 0 amide bonds. The lowest BCUT2D eigenvalue weighted by Crippen LogP contribution is -2.16. The van der Waals surface area contributed by atoms with Crippen molar-refractivity contribution < 1.29 is 0 Å². The third kappa shape index (κ3) is 6.37. The van der Waals surface area contributed by atoms with E-state index in [9.17, 15) is 0 Å². The van der Waals surface area contributed by atoms with Crippen molar-refractivity contribution in [3.05, 3.63) is 107 Å². The highest BCUT2D eigenvalue weighted by atomic mass is 32.1.